The Labute approximate surface area is 144 Å². The zero-order chi connectivity index (χ0) is 17.8. The largest absolute Gasteiger partial charge is 0.497 e. The smallest absolute Gasteiger partial charge is 0.137 e. The number of methoxy groups -OCH3 is 2. The summed E-state index contributed by atoms with van der Waals surface area (Å²) in [6.45, 7) is 0.208. The summed E-state index contributed by atoms with van der Waals surface area (Å²) in [5.41, 5.74) is 1.14. The van der Waals surface area contributed by atoms with E-state index in [2.05, 4.69) is 15.3 Å². The summed E-state index contributed by atoms with van der Waals surface area (Å²) in [6.07, 6.45) is 0.542. The fraction of sp³-hybridized carbons (Fsp3) is 0.222. The van der Waals surface area contributed by atoms with Crippen molar-refractivity contribution in [3.8, 4) is 11.5 Å². The van der Waals surface area contributed by atoms with E-state index in [1.807, 2.05) is 0 Å². The Bertz CT molecular complexity index is 866. The average molecular weight is 343 g/mol. The zero-order valence-electron chi connectivity index (χ0n) is 13.9. The summed E-state index contributed by atoms with van der Waals surface area (Å²) in [5.74, 6) is 1.35. The second-order valence-corrected chi connectivity index (χ2v) is 5.43. The van der Waals surface area contributed by atoms with E-state index in [0.29, 0.717) is 33.8 Å². The van der Waals surface area contributed by atoms with Crippen LogP contribution in [0.3, 0.4) is 0 Å². The van der Waals surface area contributed by atoms with E-state index in [0.717, 1.165) is 0 Å². The number of halogens is 1. The van der Waals surface area contributed by atoms with Gasteiger partial charge in [-0.25, -0.2) is 14.4 Å². The van der Waals surface area contributed by atoms with Crippen molar-refractivity contribution in [3.63, 3.8) is 0 Å². The Morgan fingerprint density at radius 2 is 1.80 bits per heavy atom. The van der Waals surface area contributed by atoms with Crippen LogP contribution in [0.4, 0.5) is 10.2 Å². The van der Waals surface area contributed by atoms with Crippen LogP contribution in [0.5, 0.6) is 11.5 Å². The summed E-state index contributed by atoms with van der Waals surface area (Å²) in [6, 6.07) is 9.50. The highest BCUT2D eigenvalue weighted by molar-refractivity contribution is 5.88. The van der Waals surface area contributed by atoms with Crippen molar-refractivity contribution in [2.45, 2.75) is 6.10 Å². The molecule has 0 aliphatic rings. The van der Waals surface area contributed by atoms with Gasteiger partial charge in [-0.3, -0.25) is 0 Å². The lowest BCUT2D eigenvalue weighted by atomic mass is 10.1. The van der Waals surface area contributed by atoms with Crippen LogP contribution >= 0.6 is 0 Å². The Morgan fingerprint density at radius 1 is 1.08 bits per heavy atom. The number of aliphatic hydroxyl groups is 1. The number of hydrogen-bond acceptors (Lipinski definition) is 6. The third-order valence-electron chi connectivity index (χ3n) is 3.82. The van der Waals surface area contributed by atoms with Crippen molar-refractivity contribution in [1.29, 1.82) is 0 Å². The number of rotatable bonds is 6. The first-order chi connectivity index (χ1) is 12.1. The lowest BCUT2D eigenvalue weighted by Gasteiger charge is -2.15. The minimum absolute atomic E-state index is 0.208. The van der Waals surface area contributed by atoms with E-state index >= 15 is 0 Å². The second-order valence-electron chi connectivity index (χ2n) is 5.43. The maximum Gasteiger partial charge on any atom is 0.137 e. The number of fused-ring (bicyclic) bond motifs is 1. The van der Waals surface area contributed by atoms with E-state index in [-0.39, 0.29) is 12.4 Å². The lowest BCUT2D eigenvalue weighted by Crippen LogP contribution is -2.13. The van der Waals surface area contributed by atoms with E-state index < -0.39 is 6.10 Å². The quantitative estimate of drug-likeness (QED) is 0.717. The lowest BCUT2D eigenvalue weighted by molar-refractivity contribution is 0.190. The standard InChI is InChI=1S/C18H18FN3O3/c1-24-13-5-11(6-14(8-13)25-2)17(23)9-20-18-15-4-3-12(19)7-16(15)21-10-22-18/h3-8,10,17,23H,9H2,1-2H3,(H,20,21,22)/t17-/m0/s1. The number of nitrogens with one attached hydrogen (secondary N) is 1. The fourth-order valence-corrected chi connectivity index (χ4v) is 2.50. The van der Waals surface area contributed by atoms with Gasteiger partial charge in [0.15, 0.2) is 0 Å². The van der Waals surface area contributed by atoms with Gasteiger partial charge in [-0.05, 0) is 29.8 Å². The molecule has 0 aliphatic heterocycles. The van der Waals surface area contributed by atoms with Crippen LogP contribution in [0.1, 0.15) is 11.7 Å². The molecule has 2 aromatic carbocycles. The highest BCUT2D eigenvalue weighted by Crippen LogP contribution is 2.27. The summed E-state index contributed by atoms with van der Waals surface area (Å²) >= 11 is 0. The third-order valence-corrected chi connectivity index (χ3v) is 3.82. The van der Waals surface area contributed by atoms with Crippen molar-refractivity contribution < 1.29 is 19.0 Å². The maximum atomic E-state index is 13.3. The zero-order valence-corrected chi connectivity index (χ0v) is 13.9. The highest BCUT2D eigenvalue weighted by atomic mass is 19.1. The van der Waals surface area contributed by atoms with E-state index in [9.17, 15) is 9.50 Å². The number of benzene rings is 2. The van der Waals surface area contributed by atoms with Gasteiger partial charge in [-0.2, -0.15) is 0 Å². The maximum absolute atomic E-state index is 13.3. The van der Waals surface area contributed by atoms with Gasteiger partial charge in [0.2, 0.25) is 0 Å². The molecule has 0 radical (unpaired) electrons. The molecule has 2 N–H and O–H groups in total. The molecule has 0 amide bonds. The van der Waals surface area contributed by atoms with Crippen molar-refractivity contribution in [2.24, 2.45) is 0 Å². The van der Waals surface area contributed by atoms with Crippen LogP contribution in [0.2, 0.25) is 0 Å². The Morgan fingerprint density at radius 3 is 2.48 bits per heavy atom. The Kier molecular flexibility index (Phi) is 4.95. The van der Waals surface area contributed by atoms with Crippen LogP contribution < -0.4 is 14.8 Å². The van der Waals surface area contributed by atoms with Crippen molar-refractivity contribution in [1.82, 2.24) is 9.97 Å². The third kappa shape index (κ3) is 3.77. The van der Waals surface area contributed by atoms with Gasteiger partial charge in [-0.1, -0.05) is 0 Å². The summed E-state index contributed by atoms with van der Waals surface area (Å²) in [5, 5.41) is 14.2. The van der Waals surface area contributed by atoms with Gasteiger partial charge in [0, 0.05) is 24.1 Å². The molecule has 7 heteroatoms. The molecule has 3 aromatic rings. The van der Waals surface area contributed by atoms with Crippen molar-refractivity contribution in [2.75, 3.05) is 26.1 Å². The average Bonchev–Trinajstić information content (AvgIpc) is 2.65. The van der Waals surface area contributed by atoms with Gasteiger partial charge >= 0.3 is 0 Å². The predicted molar refractivity (Wildman–Crippen MR) is 92.5 cm³/mol. The molecule has 1 aromatic heterocycles. The number of anilines is 1. The molecule has 0 unspecified atom stereocenters. The summed E-state index contributed by atoms with van der Waals surface area (Å²) in [7, 11) is 3.10. The van der Waals surface area contributed by atoms with E-state index in [1.54, 1.807) is 38.5 Å². The van der Waals surface area contributed by atoms with Crippen molar-refractivity contribution in [3.05, 3.63) is 54.1 Å². The SMILES string of the molecule is COc1cc(OC)cc([C@@H](O)CNc2ncnc3cc(F)ccc23)c1. The van der Waals surface area contributed by atoms with Gasteiger partial charge < -0.3 is 19.9 Å². The number of aliphatic hydroxyl groups excluding tert-OH is 1. The van der Waals surface area contributed by atoms with Gasteiger partial charge in [0.05, 0.1) is 25.8 Å². The topological polar surface area (TPSA) is 76.5 Å². The Balaban J connectivity index is 1.80. The molecule has 0 fully saturated rings. The molecule has 6 nitrogen and oxygen atoms in total. The molecule has 0 aliphatic carbocycles. The minimum atomic E-state index is -0.811. The molecule has 0 spiro atoms. The molecular formula is C18H18FN3O3. The highest BCUT2D eigenvalue weighted by Gasteiger charge is 2.12. The molecule has 0 bridgehead atoms. The first kappa shape index (κ1) is 16.9. The number of hydrogen-bond donors (Lipinski definition) is 2. The first-order valence-electron chi connectivity index (χ1n) is 7.66. The van der Waals surface area contributed by atoms with E-state index in [1.165, 1.54) is 18.5 Å². The van der Waals surface area contributed by atoms with Gasteiger partial charge in [0.1, 0.15) is 29.5 Å². The first-order valence-corrected chi connectivity index (χ1v) is 7.66. The molecule has 130 valence electrons. The van der Waals surface area contributed by atoms with Crippen LogP contribution in [-0.2, 0) is 0 Å². The second kappa shape index (κ2) is 7.31. The van der Waals surface area contributed by atoms with Crippen LogP contribution in [0, 0.1) is 5.82 Å². The minimum Gasteiger partial charge on any atom is -0.497 e. The number of aromatic nitrogens is 2. The molecule has 0 saturated carbocycles. The molecule has 1 heterocycles. The van der Waals surface area contributed by atoms with Crippen LogP contribution in [0.25, 0.3) is 10.9 Å². The van der Waals surface area contributed by atoms with E-state index in [4.69, 9.17) is 9.47 Å². The van der Waals surface area contributed by atoms with Crippen LogP contribution in [0.15, 0.2) is 42.7 Å². The normalized spacial score (nSPS) is 12.0. The monoisotopic (exact) mass is 343 g/mol. The molecule has 0 saturated heterocycles. The number of ether oxygens (including phenoxy) is 2. The molecule has 1 atom stereocenters. The predicted octanol–water partition coefficient (Wildman–Crippen LogP) is 2.93. The van der Waals surface area contributed by atoms with Gasteiger partial charge in [0.25, 0.3) is 0 Å². The summed E-state index contributed by atoms with van der Waals surface area (Å²) in [4.78, 5) is 8.21. The summed E-state index contributed by atoms with van der Waals surface area (Å²) < 4.78 is 23.7. The molecule has 3 rings (SSSR count). The van der Waals surface area contributed by atoms with Crippen LogP contribution in [-0.4, -0.2) is 35.8 Å². The number of nitrogens with zero attached hydrogens (tertiary/aromatic N) is 2. The van der Waals surface area contributed by atoms with Gasteiger partial charge in [-0.15, -0.1) is 0 Å². The molecular weight excluding hydrogens is 325 g/mol. The van der Waals surface area contributed by atoms with Crippen molar-refractivity contribution >= 4 is 16.7 Å². The molecule has 25 heavy (non-hydrogen) atoms. The fourth-order valence-electron chi connectivity index (χ4n) is 2.50. The Hall–Kier alpha value is -2.93.